The lowest BCUT2D eigenvalue weighted by Crippen LogP contribution is -2.33. The molecule has 0 saturated carbocycles. The summed E-state index contributed by atoms with van der Waals surface area (Å²) in [5, 5.41) is 3.50. The number of alkyl halides is 3. The lowest BCUT2D eigenvalue weighted by molar-refractivity contribution is -0.141. The Kier molecular flexibility index (Phi) is 3.36. The van der Waals surface area contributed by atoms with Gasteiger partial charge in [-0.25, -0.2) is 9.50 Å². The van der Waals surface area contributed by atoms with Gasteiger partial charge in [0.15, 0.2) is 11.5 Å². The summed E-state index contributed by atoms with van der Waals surface area (Å²) in [4.78, 5) is 5.81. The van der Waals surface area contributed by atoms with Crippen molar-refractivity contribution >= 4 is 11.3 Å². The van der Waals surface area contributed by atoms with Gasteiger partial charge in [-0.3, -0.25) is 0 Å². The Balaban J connectivity index is 2.48. The maximum atomic E-state index is 12.6. The first-order chi connectivity index (χ1) is 8.79. The molecule has 2 N–H and O–H groups in total. The summed E-state index contributed by atoms with van der Waals surface area (Å²) in [5.74, 6) is 0.419. The molecule has 0 bridgehead atoms. The zero-order valence-electron chi connectivity index (χ0n) is 10.5. The highest BCUT2D eigenvalue weighted by atomic mass is 19.4. The first-order valence-corrected chi connectivity index (χ1v) is 5.67. The first-order valence-electron chi connectivity index (χ1n) is 5.67. The summed E-state index contributed by atoms with van der Waals surface area (Å²) in [6.07, 6.45) is -1.68. The molecule has 0 aliphatic carbocycles. The summed E-state index contributed by atoms with van der Waals surface area (Å²) < 4.78 is 39.1. The Morgan fingerprint density at radius 3 is 2.74 bits per heavy atom. The second-order valence-electron chi connectivity index (χ2n) is 4.47. The fourth-order valence-electron chi connectivity index (χ4n) is 1.86. The van der Waals surface area contributed by atoms with Crippen LogP contribution in [0.2, 0.25) is 0 Å². The van der Waals surface area contributed by atoms with Crippen LogP contribution in [0.25, 0.3) is 5.52 Å². The molecular formula is C11H14F3N5. The molecule has 1 atom stereocenters. The first kappa shape index (κ1) is 13.6. The van der Waals surface area contributed by atoms with Crippen LogP contribution in [0.1, 0.15) is 12.6 Å². The van der Waals surface area contributed by atoms with Crippen LogP contribution in [0.5, 0.6) is 0 Å². The molecule has 19 heavy (non-hydrogen) atoms. The summed E-state index contributed by atoms with van der Waals surface area (Å²) in [6, 6.07) is 0.872. The van der Waals surface area contributed by atoms with Crippen LogP contribution in [0, 0.1) is 0 Å². The molecule has 0 aliphatic rings. The highest BCUT2D eigenvalue weighted by Gasteiger charge is 2.34. The highest BCUT2D eigenvalue weighted by Crippen LogP contribution is 2.30. The summed E-state index contributed by atoms with van der Waals surface area (Å²) in [6.45, 7) is 2.30. The average molecular weight is 273 g/mol. The van der Waals surface area contributed by atoms with Crippen LogP contribution in [0.15, 0.2) is 18.5 Å². The van der Waals surface area contributed by atoms with E-state index < -0.39 is 11.9 Å². The second-order valence-corrected chi connectivity index (χ2v) is 4.47. The van der Waals surface area contributed by atoms with Crippen molar-refractivity contribution in [1.82, 2.24) is 14.6 Å². The molecule has 1 unspecified atom stereocenters. The molecule has 8 heteroatoms. The van der Waals surface area contributed by atoms with Gasteiger partial charge in [0.05, 0.1) is 0 Å². The number of aromatic nitrogens is 3. The minimum Gasteiger partial charge on any atom is -0.356 e. The molecule has 2 heterocycles. The van der Waals surface area contributed by atoms with Crippen LogP contribution in [0.3, 0.4) is 0 Å². The predicted octanol–water partition coefficient (Wildman–Crippen LogP) is 1.53. The lowest BCUT2D eigenvalue weighted by atomic mass is 10.3. The van der Waals surface area contributed by atoms with Crippen molar-refractivity contribution in [2.45, 2.75) is 19.1 Å². The second kappa shape index (κ2) is 4.69. The Labute approximate surface area is 107 Å². The van der Waals surface area contributed by atoms with E-state index in [1.54, 1.807) is 11.9 Å². The van der Waals surface area contributed by atoms with Gasteiger partial charge in [-0.2, -0.15) is 18.3 Å². The van der Waals surface area contributed by atoms with E-state index in [-0.39, 0.29) is 6.04 Å². The molecule has 0 aromatic carbocycles. The van der Waals surface area contributed by atoms with Gasteiger partial charge in [0.1, 0.15) is 5.52 Å². The molecule has 5 nitrogen and oxygen atoms in total. The number of fused-ring (bicyclic) bond motifs is 1. The Hall–Kier alpha value is -1.83. The van der Waals surface area contributed by atoms with Crippen molar-refractivity contribution in [3.63, 3.8) is 0 Å². The number of hydrogen-bond acceptors (Lipinski definition) is 4. The molecule has 104 valence electrons. The van der Waals surface area contributed by atoms with E-state index in [0.29, 0.717) is 17.9 Å². The molecule has 0 amide bonds. The summed E-state index contributed by atoms with van der Waals surface area (Å²) >= 11 is 0. The lowest BCUT2D eigenvalue weighted by Gasteiger charge is -2.20. The molecule has 0 saturated heterocycles. The van der Waals surface area contributed by atoms with E-state index >= 15 is 0 Å². The summed E-state index contributed by atoms with van der Waals surface area (Å²) in [5.41, 5.74) is 5.05. The zero-order chi connectivity index (χ0) is 14.2. The Bertz CT molecular complexity index is 575. The number of likely N-dealkylation sites (N-methyl/N-ethyl adjacent to an activating group) is 1. The third kappa shape index (κ3) is 2.78. The van der Waals surface area contributed by atoms with Gasteiger partial charge in [0.2, 0.25) is 0 Å². The third-order valence-electron chi connectivity index (χ3n) is 2.58. The van der Waals surface area contributed by atoms with E-state index in [1.165, 1.54) is 16.9 Å². The van der Waals surface area contributed by atoms with Crippen molar-refractivity contribution in [2.24, 2.45) is 5.73 Å². The van der Waals surface area contributed by atoms with Gasteiger partial charge in [0.25, 0.3) is 0 Å². The van der Waals surface area contributed by atoms with Gasteiger partial charge in [-0.15, -0.1) is 0 Å². The highest BCUT2D eigenvalue weighted by molar-refractivity contribution is 5.69. The maximum Gasteiger partial charge on any atom is 0.435 e. The van der Waals surface area contributed by atoms with Gasteiger partial charge >= 0.3 is 6.18 Å². The van der Waals surface area contributed by atoms with Gasteiger partial charge in [0, 0.05) is 38.1 Å². The SMILES string of the molecule is CC(N)CN(C)c1nccn2nc(C(F)(F)F)cc12. The van der Waals surface area contributed by atoms with Crippen molar-refractivity contribution in [2.75, 3.05) is 18.5 Å². The van der Waals surface area contributed by atoms with Crippen LogP contribution in [-0.4, -0.2) is 34.2 Å². The molecule has 2 aromatic rings. The predicted molar refractivity (Wildman–Crippen MR) is 64.9 cm³/mol. The van der Waals surface area contributed by atoms with Crippen molar-refractivity contribution < 1.29 is 13.2 Å². The smallest absolute Gasteiger partial charge is 0.356 e. The Morgan fingerprint density at radius 1 is 1.47 bits per heavy atom. The zero-order valence-corrected chi connectivity index (χ0v) is 10.5. The quantitative estimate of drug-likeness (QED) is 0.921. The minimum absolute atomic E-state index is 0.114. The topological polar surface area (TPSA) is 59.5 Å². The average Bonchev–Trinajstić information content (AvgIpc) is 2.70. The number of anilines is 1. The number of nitrogens with zero attached hydrogens (tertiary/aromatic N) is 4. The van der Waals surface area contributed by atoms with Crippen molar-refractivity contribution in [1.29, 1.82) is 0 Å². The van der Waals surface area contributed by atoms with E-state index in [1.807, 2.05) is 6.92 Å². The van der Waals surface area contributed by atoms with Gasteiger partial charge in [-0.1, -0.05) is 0 Å². The molecule has 0 aliphatic heterocycles. The largest absolute Gasteiger partial charge is 0.435 e. The van der Waals surface area contributed by atoms with Crippen LogP contribution in [-0.2, 0) is 6.18 Å². The fourth-order valence-corrected chi connectivity index (χ4v) is 1.86. The number of rotatable bonds is 3. The Morgan fingerprint density at radius 2 is 2.16 bits per heavy atom. The molecular weight excluding hydrogens is 259 g/mol. The number of hydrogen-bond donors (Lipinski definition) is 1. The van der Waals surface area contributed by atoms with Crippen molar-refractivity contribution in [3.05, 3.63) is 24.2 Å². The van der Waals surface area contributed by atoms with Gasteiger partial charge in [-0.05, 0) is 6.92 Å². The van der Waals surface area contributed by atoms with E-state index in [9.17, 15) is 13.2 Å². The van der Waals surface area contributed by atoms with E-state index in [0.717, 1.165) is 6.07 Å². The molecule has 0 radical (unpaired) electrons. The van der Waals surface area contributed by atoms with E-state index in [4.69, 9.17) is 5.73 Å². The third-order valence-corrected chi connectivity index (χ3v) is 2.58. The number of halogens is 3. The van der Waals surface area contributed by atoms with Gasteiger partial charge < -0.3 is 10.6 Å². The van der Waals surface area contributed by atoms with Crippen LogP contribution in [0.4, 0.5) is 19.0 Å². The fraction of sp³-hybridized carbons (Fsp3) is 0.455. The molecule has 0 spiro atoms. The monoisotopic (exact) mass is 273 g/mol. The maximum absolute atomic E-state index is 12.6. The minimum atomic E-state index is -4.47. The molecule has 0 fully saturated rings. The van der Waals surface area contributed by atoms with Crippen LogP contribution < -0.4 is 10.6 Å². The normalized spacial score (nSPS) is 13.8. The van der Waals surface area contributed by atoms with Crippen LogP contribution >= 0.6 is 0 Å². The van der Waals surface area contributed by atoms with Crippen molar-refractivity contribution in [3.8, 4) is 0 Å². The number of nitrogens with two attached hydrogens (primary N) is 1. The summed E-state index contributed by atoms with van der Waals surface area (Å²) in [7, 11) is 1.73. The molecule has 2 aromatic heterocycles. The standard InChI is InChI=1S/C11H14F3N5/c1-7(15)6-18(2)10-8-5-9(11(12,13)14)17-19(8)4-3-16-10/h3-5,7H,6,15H2,1-2H3. The molecule has 2 rings (SSSR count). The van der Waals surface area contributed by atoms with E-state index in [2.05, 4.69) is 10.1 Å².